The van der Waals surface area contributed by atoms with Gasteiger partial charge >= 0.3 is 6.18 Å². The lowest BCUT2D eigenvalue weighted by Gasteiger charge is -2.21. The van der Waals surface area contributed by atoms with Crippen molar-refractivity contribution in [2.24, 2.45) is 5.73 Å². The number of rotatable bonds is 2. The maximum atomic E-state index is 13.4. The van der Waals surface area contributed by atoms with Crippen LogP contribution in [0.25, 0.3) is 0 Å². The van der Waals surface area contributed by atoms with Crippen molar-refractivity contribution in [3.8, 4) is 0 Å². The van der Waals surface area contributed by atoms with Gasteiger partial charge in [0, 0.05) is 12.1 Å². The molecule has 1 aromatic rings. The van der Waals surface area contributed by atoms with Crippen LogP contribution in [0.4, 0.5) is 17.6 Å². The first-order chi connectivity index (χ1) is 10.1. The number of nitrogens with zero attached hydrogens (tertiary/aromatic N) is 3. The average Bonchev–Trinajstić information content (AvgIpc) is 2.78. The van der Waals surface area contributed by atoms with Gasteiger partial charge in [-0.1, -0.05) is 0 Å². The van der Waals surface area contributed by atoms with Crippen LogP contribution in [0.1, 0.15) is 28.4 Å². The Balaban J connectivity index is 2.37. The van der Waals surface area contributed by atoms with Crippen LogP contribution >= 0.6 is 0 Å². The monoisotopic (exact) mass is 320 g/mol. The molecule has 120 valence electrons. The lowest BCUT2D eigenvalue weighted by atomic mass is 10.2. The Morgan fingerprint density at radius 2 is 2.00 bits per heavy atom. The van der Waals surface area contributed by atoms with Gasteiger partial charge in [0.2, 0.25) is 11.7 Å². The molecule has 22 heavy (non-hydrogen) atoms. The molecule has 0 radical (unpaired) electrons. The van der Waals surface area contributed by atoms with E-state index in [1.807, 2.05) is 0 Å². The fraction of sp³-hybridized carbons (Fsp3) is 0.500. The minimum Gasteiger partial charge on any atom is -0.368 e. The zero-order valence-corrected chi connectivity index (χ0v) is 11.4. The number of carbonyl (C=O) groups excluding carboxylic acids is 2. The minimum absolute atomic E-state index is 0.0719. The summed E-state index contributed by atoms with van der Waals surface area (Å²) in [5.74, 6) is -3.38. The van der Waals surface area contributed by atoms with E-state index < -0.39 is 48.3 Å². The molecule has 2 heterocycles. The third kappa shape index (κ3) is 3.15. The maximum absolute atomic E-state index is 13.4. The van der Waals surface area contributed by atoms with Crippen LogP contribution in [0.15, 0.2) is 6.07 Å². The van der Waals surface area contributed by atoms with Crippen molar-refractivity contribution in [2.75, 3.05) is 6.54 Å². The topological polar surface area (TPSA) is 89.2 Å². The number of carbonyl (C=O) groups is 2. The van der Waals surface area contributed by atoms with Gasteiger partial charge in [0.1, 0.15) is 17.9 Å². The number of amides is 2. The summed E-state index contributed by atoms with van der Waals surface area (Å²) >= 11 is 0. The first-order valence-electron chi connectivity index (χ1n) is 6.27. The Bertz CT molecular complexity index is 620. The summed E-state index contributed by atoms with van der Waals surface area (Å²) in [7, 11) is 0. The largest absolute Gasteiger partial charge is 0.451 e. The molecule has 0 bridgehead atoms. The first-order valence-corrected chi connectivity index (χ1v) is 6.27. The molecule has 1 aliphatic heterocycles. The molecule has 2 atom stereocenters. The van der Waals surface area contributed by atoms with Crippen molar-refractivity contribution < 1.29 is 27.2 Å². The highest BCUT2D eigenvalue weighted by molar-refractivity contribution is 5.96. The normalized spacial score (nSPS) is 22.0. The molecular weight excluding hydrogens is 308 g/mol. The Labute approximate surface area is 122 Å². The van der Waals surface area contributed by atoms with Crippen LogP contribution in [0.5, 0.6) is 0 Å². The number of hydrogen-bond donors (Lipinski definition) is 1. The maximum Gasteiger partial charge on any atom is 0.451 e. The van der Waals surface area contributed by atoms with E-state index in [9.17, 15) is 27.2 Å². The number of nitrogens with two attached hydrogens (primary N) is 1. The summed E-state index contributed by atoms with van der Waals surface area (Å²) < 4.78 is 51.4. The van der Waals surface area contributed by atoms with Gasteiger partial charge in [0.25, 0.3) is 5.91 Å². The Hall–Kier alpha value is -2.26. The second kappa shape index (κ2) is 5.50. The number of aromatic nitrogens is 2. The van der Waals surface area contributed by atoms with E-state index in [1.165, 1.54) is 6.92 Å². The Morgan fingerprint density at radius 3 is 2.55 bits per heavy atom. The molecule has 0 aromatic carbocycles. The smallest absolute Gasteiger partial charge is 0.368 e. The second-order valence-electron chi connectivity index (χ2n) is 4.92. The van der Waals surface area contributed by atoms with Crippen LogP contribution in [-0.2, 0) is 11.0 Å². The van der Waals surface area contributed by atoms with E-state index in [2.05, 4.69) is 9.97 Å². The number of likely N-dealkylation sites (tertiary alicyclic amines) is 1. The van der Waals surface area contributed by atoms with Gasteiger partial charge in [-0.05, 0) is 13.0 Å². The van der Waals surface area contributed by atoms with E-state index in [-0.39, 0.29) is 12.1 Å². The molecule has 2 N–H and O–H groups in total. The quantitative estimate of drug-likeness (QED) is 0.818. The van der Waals surface area contributed by atoms with Gasteiger partial charge in [-0.3, -0.25) is 9.59 Å². The summed E-state index contributed by atoms with van der Waals surface area (Å²) in [6.45, 7) is 0.845. The lowest BCUT2D eigenvalue weighted by Crippen LogP contribution is -2.44. The molecular formula is C12H12F4N4O2. The first kappa shape index (κ1) is 16.1. The minimum atomic E-state index is -4.82. The number of primary amides is 1. The van der Waals surface area contributed by atoms with E-state index in [4.69, 9.17) is 5.73 Å². The predicted molar refractivity (Wildman–Crippen MR) is 65.3 cm³/mol. The molecule has 10 heteroatoms. The summed E-state index contributed by atoms with van der Waals surface area (Å²) in [6.07, 6.45) is -6.57. The fourth-order valence-corrected chi connectivity index (χ4v) is 2.23. The highest BCUT2D eigenvalue weighted by Gasteiger charge is 2.41. The molecule has 0 aliphatic carbocycles. The molecule has 2 amide bonds. The van der Waals surface area contributed by atoms with E-state index in [0.29, 0.717) is 0 Å². The molecule has 6 nitrogen and oxygen atoms in total. The highest BCUT2D eigenvalue weighted by Crippen LogP contribution is 2.27. The van der Waals surface area contributed by atoms with Crippen molar-refractivity contribution in [3.05, 3.63) is 23.3 Å². The zero-order chi connectivity index (χ0) is 16.7. The molecule has 1 saturated heterocycles. The van der Waals surface area contributed by atoms with Gasteiger partial charge < -0.3 is 10.6 Å². The van der Waals surface area contributed by atoms with Crippen molar-refractivity contribution in [2.45, 2.75) is 31.7 Å². The molecule has 0 spiro atoms. The lowest BCUT2D eigenvalue weighted by molar-refractivity contribution is -0.145. The van der Waals surface area contributed by atoms with Crippen LogP contribution in [0.3, 0.4) is 0 Å². The standard InChI is InChI=1S/C12H12F4N4O2/c1-5-2-7(19-11(18-5)12(14,15)16)10(22)20-4-6(13)3-8(20)9(17)21/h2,6,8H,3-4H2,1H3,(H2,17,21)/t6-,8+/m1/s1. The number of alkyl halides is 4. The summed E-state index contributed by atoms with van der Waals surface area (Å²) in [4.78, 5) is 30.6. The van der Waals surface area contributed by atoms with Gasteiger partial charge in [-0.25, -0.2) is 14.4 Å². The molecule has 1 aromatic heterocycles. The zero-order valence-electron chi connectivity index (χ0n) is 11.4. The van der Waals surface area contributed by atoms with Crippen LogP contribution in [0, 0.1) is 6.92 Å². The van der Waals surface area contributed by atoms with Crippen LogP contribution in [-0.4, -0.2) is 45.4 Å². The molecule has 1 aliphatic rings. The fourth-order valence-electron chi connectivity index (χ4n) is 2.23. The summed E-state index contributed by atoms with van der Waals surface area (Å²) in [5, 5.41) is 0. The third-order valence-electron chi connectivity index (χ3n) is 3.17. The van der Waals surface area contributed by atoms with Crippen LogP contribution in [0.2, 0.25) is 0 Å². The summed E-state index contributed by atoms with van der Waals surface area (Å²) in [5.41, 5.74) is 4.46. The van der Waals surface area contributed by atoms with Crippen molar-refractivity contribution in [1.29, 1.82) is 0 Å². The SMILES string of the molecule is Cc1cc(C(=O)N2C[C@H](F)C[C@H]2C(N)=O)nc(C(F)(F)F)n1. The highest BCUT2D eigenvalue weighted by atomic mass is 19.4. The number of aryl methyl sites for hydroxylation is 1. The predicted octanol–water partition coefficient (Wildman–Crippen LogP) is 0.842. The number of hydrogen-bond acceptors (Lipinski definition) is 4. The van der Waals surface area contributed by atoms with E-state index >= 15 is 0 Å². The van der Waals surface area contributed by atoms with E-state index in [1.54, 1.807) is 0 Å². The molecule has 0 unspecified atom stereocenters. The van der Waals surface area contributed by atoms with Gasteiger partial charge in [0.15, 0.2) is 0 Å². The van der Waals surface area contributed by atoms with Crippen molar-refractivity contribution >= 4 is 11.8 Å². The Kier molecular flexibility index (Phi) is 4.03. The number of halogens is 4. The second-order valence-corrected chi connectivity index (χ2v) is 4.92. The summed E-state index contributed by atoms with van der Waals surface area (Å²) in [6, 6.07) is -0.159. The third-order valence-corrected chi connectivity index (χ3v) is 3.17. The van der Waals surface area contributed by atoms with Crippen molar-refractivity contribution in [3.63, 3.8) is 0 Å². The van der Waals surface area contributed by atoms with Gasteiger partial charge in [-0.2, -0.15) is 13.2 Å². The van der Waals surface area contributed by atoms with Gasteiger partial charge in [-0.15, -0.1) is 0 Å². The Morgan fingerprint density at radius 1 is 1.36 bits per heavy atom. The molecule has 1 fully saturated rings. The molecule has 0 saturated carbocycles. The van der Waals surface area contributed by atoms with Crippen LogP contribution < -0.4 is 5.73 Å². The van der Waals surface area contributed by atoms with E-state index in [0.717, 1.165) is 11.0 Å². The van der Waals surface area contributed by atoms with Gasteiger partial charge in [0.05, 0.1) is 6.54 Å². The average molecular weight is 320 g/mol. The van der Waals surface area contributed by atoms with Crippen molar-refractivity contribution in [1.82, 2.24) is 14.9 Å². The molecule has 2 rings (SSSR count).